The monoisotopic (exact) mass is 495 g/mol. The molecule has 2 atom stereocenters. The van der Waals surface area contributed by atoms with E-state index in [1.165, 1.54) is 0 Å². The van der Waals surface area contributed by atoms with Crippen LogP contribution in [0, 0.1) is 0 Å². The molecule has 11 nitrogen and oxygen atoms in total. The standard InChI is InChI=1S/C20H25N5O6S2/c21-13(19(30)31)5-6-16(26)25-15(18(29)23-9-17(27)28)10-33-20(32)24-8-11-7-22-14-4-2-1-3-12(11)14/h1-4,7,13,15,22H,5-6,8-10,21H2,(H,23,29)(H,24,32)(H,25,26)(H,27,28)(H,30,31)/t13-,15-/m0/s1. The minimum absolute atomic E-state index is 0.0435. The first-order valence-corrected chi connectivity index (χ1v) is 11.3. The Hall–Kier alpha value is -3.16. The number of nitrogens with two attached hydrogens (primary N) is 1. The largest absolute Gasteiger partial charge is 0.480 e. The normalized spacial score (nSPS) is 12.5. The molecule has 0 saturated carbocycles. The number of hydrogen-bond donors (Lipinski definition) is 7. The number of amides is 2. The van der Waals surface area contributed by atoms with Crippen molar-refractivity contribution in [2.24, 2.45) is 5.73 Å². The number of hydrogen-bond acceptors (Lipinski definition) is 7. The van der Waals surface area contributed by atoms with E-state index in [1.54, 1.807) is 0 Å². The number of aromatic amines is 1. The smallest absolute Gasteiger partial charge is 0.322 e. The average molecular weight is 496 g/mol. The first-order chi connectivity index (χ1) is 15.7. The van der Waals surface area contributed by atoms with E-state index in [0.29, 0.717) is 10.9 Å². The third kappa shape index (κ3) is 8.71. The van der Waals surface area contributed by atoms with Crippen LogP contribution in [0.3, 0.4) is 0 Å². The van der Waals surface area contributed by atoms with E-state index in [-0.39, 0.29) is 18.6 Å². The zero-order valence-corrected chi connectivity index (χ0v) is 19.1. The van der Waals surface area contributed by atoms with Crippen molar-refractivity contribution >= 4 is 63.0 Å². The molecule has 0 radical (unpaired) electrons. The molecule has 1 aromatic carbocycles. The summed E-state index contributed by atoms with van der Waals surface area (Å²) in [6.45, 7) is -0.159. The Balaban J connectivity index is 1.90. The second-order valence-electron chi connectivity index (χ2n) is 7.03. The summed E-state index contributed by atoms with van der Waals surface area (Å²) in [4.78, 5) is 49.2. The van der Waals surface area contributed by atoms with E-state index >= 15 is 0 Å². The van der Waals surface area contributed by atoms with E-state index in [1.807, 2.05) is 30.5 Å². The van der Waals surface area contributed by atoms with Crippen LogP contribution in [0.1, 0.15) is 18.4 Å². The second kappa shape index (κ2) is 12.8. The lowest BCUT2D eigenvalue weighted by Crippen LogP contribution is -2.49. The maximum absolute atomic E-state index is 12.3. The highest BCUT2D eigenvalue weighted by molar-refractivity contribution is 8.23. The number of fused-ring (bicyclic) bond motifs is 1. The number of para-hydroxylation sites is 1. The SMILES string of the molecule is N[C@@H](CCC(=O)N[C@@H](CSC(=S)NCc1c[nH]c2ccccc12)C(=O)NCC(=O)O)C(=O)O. The van der Waals surface area contributed by atoms with Crippen LogP contribution in [-0.4, -0.2) is 67.7 Å². The topological polar surface area (TPSA) is 187 Å². The van der Waals surface area contributed by atoms with Gasteiger partial charge in [0.2, 0.25) is 11.8 Å². The lowest BCUT2D eigenvalue weighted by Gasteiger charge is -2.18. The zero-order valence-electron chi connectivity index (χ0n) is 17.5. The third-order valence-electron chi connectivity index (χ3n) is 4.54. The fraction of sp³-hybridized carbons (Fsp3) is 0.350. The first kappa shape index (κ1) is 26.1. The summed E-state index contributed by atoms with van der Waals surface area (Å²) in [6, 6.07) is 5.52. The lowest BCUT2D eigenvalue weighted by molar-refractivity contribution is -0.139. The molecule has 178 valence electrons. The number of nitrogens with one attached hydrogen (secondary N) is 4. The molecule has 0 unspecified atom stereocenters. The van der Waals surface area contributed by atoms with Gasteiger partial charge in [-0.1, -0.05) is 42.2 Å². The molecular formula is C20H25N5O6S2. The van der Waals surface area contributed by atoms with Crippen LogP contribution < -0.4 is 21.7 Å². The highest BCUT2D eigenvalue weighted by atomic mass is 32.2. The van der Waals surface area contributed by atoms with Crippen molar-refractivity contribution in [3.05, 3.63) is 36.0 Å². The Bertz CT molecular complexity index is 1030. The molecular weight excluding hydrogens is 470 g/mol. The average Bonchev–Trinajstić information content (AvgIpc) is 3.20. The lowest BCUT2D eigenvalue weighted by atomic mass is 10.1. The molecule has 0 aliphatic heterocycles. The van der Waals surface area contributed by atoms with Gasteiger partial charge in [0, 0.05) is 35.8 Å². The van der Waals surface area contributed by atoms with Crippen LogP contribution in [0.4, 0.5) is 0 Å². The molecule has 0 bridgehead atoms. The Morgan fingerprint density at radius 3 is 2.58 bits per heavy atom. The van der Waals surface area contributed by atoms with E-state index in [2.05, 4.69) is 20.9 Å². The van der Waals surface area contributed by atoms with Crippen molar-refractivity contribution in [1.82, 2.24) is 20.9 Å². The quantitative estimate of drug-likeness (QED) is 0.200. The molecule has 0 saturated heterocycles. The van der Waals surface area contributed by atoms with Crippen LogP contribution in [0.5, 0.6) is 0 Å². The number of thioether (sulfide) groups is 1. The number of carbonyl (C=O) groups excluding carboxylic acids is 2. The number of carboxylic acids is 2. The Labute approximate surface area is 198 Å². The third-order valence-corrected chi connectivity index (χ3v) is 5.95. The van der Waals surface area contributed by atoms with Crippen molar-refractivity contribution in [2.45, 2.75) is 31.5 Å². The number of H-pyrrole nitrogens is 1. The zero-order chi connectivity index (χ0) is 24.4. The van der Waals surface area contributed by atoms with Crippen LogP contribution in [-0.2, 0) is 25.7 Å². The molecule has 0 aliphatic carbocycles. The van der Waals surface area contributed by atoms with Crippen LogP contribution in [0.15, 0.2) is 30.5 Å². The van der Waals surface area contributed by atoms with Gasteiger partial charge in [-0.05, 0) is 18.1 Å². The molecule has 13 heteroatoms. The van der Waals surface area contributed by atoms with Crippen LogP contribution >= 0.6 is 24.0 Å². The van der Waals surface area contributed by atoms with Gasteiger partial charge in [-0.3, -0.25) is 19.2 Å². The van der Waals surface area contributed by atoms with E-state index in [9.17, 15) is 19.2 Å². The van der Waals surface area contributed by atoms with E-state index in [4.69, 9.17) is 28.2 Å². The molecule has 2 amide bonds. The van der Waals surface area contributed by atoms with Crippen molar-refractivity contribution in [3.63, 3.8) is 0 Å². The molecule has 2 rings (SSSR count). The number of rotatable bonds is 12. The molecule has 2 aromatic rings. The fourth-order valence-corrected chi connectivity index (χ4v) is 3.80. The molecule has 8 N–H and O–H groups in total. The number of carbonyl (C=O) groups is 4. The predicted octanol–water partition coefficient (Wildman–Crippen LogP) is 0.153. The highest BCUT2D eigenvalue weighted by Gasteiger charge is 2.23. The first-order valence-electron chi connectivity index (χ1n) is 9.90. The molecule has 1 aromatic heterocycles. The van der Waals surface area contributed by atoms with Crippen molar-refractivity contribution in [1.29, 1.82) is 0 Å². The van der Waals surface area contributed by atoms with Crippen LogP contribution in [0.2, 0.25) is 0 Å². The number of aliphatic carboxylic acids is 2. The van der Waals surface area contributed by atoms with E-state index in [0.717, 1.165) is 28.2 Å². The highest BCUT2D eigenvalue weighted by Crippen LogP contribution is 2.17. The van der Waals surface area contributed by atoms with Gasteiger partial charge in [-0.2, -0.15) is 0 Å². The Morgan fingerprint density at radius 1 is 1.15 bits per heavy atom. The minimum atomic E-state index is -1.24. The van der Waals surface area contributed by atoms with Crippen molar-refractivity contribution in [3.8, 4) is 0 Å². The molecule has 0 fully saturated rings. The Kier molecular flexibility index (Phi) is 10.1. The van der Waals surface area contributed by atoms with Gasteiger partial charge >= 0.3 is 11.9 Å². The van der Waals surface area contributed by atoms with Gasteiger partial charge in [-0.25, -0.2) is 0 Å². The second-order valence-corrected chi connectivity index (χ2v) is 8.72. The fourth-order valence-electron chi connectivity index (χ4n) is 2.80. The summed E-state index contributed by atoms with van der Waals surface area (Å²) in [5, 5.41) is 26.4. The van der Waals surface area contributed by atoms with Crippen molar-refractivity contribution in [2.75, 3.05) is 12.3 Å². The number of thiocarbonyl (C=S) groups is 1. The van der Waals surface area contributed by atoms with Gasteiger partial charge in [0.25, 0.3) is 0 Å². The summed E-state index contributed by atoms with van der Waals surface area (Å²) < 4.78 is 0.387. The van der Waals surface area contributed by atoms with Gasteiger partial charge < -0.3 is 36.9 Å². The Morgan fingerprint density at radius 2 is 1.88 bits per heavy atom. The number of carboxylic acid groups (broad SMARTS) is 2. The van der Waals surface area contributed by atoms with Gasteiger partial charge in [0.15, 0.2) is 0 Å². The number of benzene rings is 1. The van der Waals surface area contributed by atoms with Crippen LogP contribution in [0.25, 0.3) is 10.9 Å². The minimum Gasteiger partial charge on any atom is -0.480 e. The molecule has 0 spiro atoms. The summed E-state index contributed by atoms with van der Waals surface area (Å²) in [6.07, 6.45) is 1.56. The van der Waals surface area contributed by atoms with E-state index < -0.39 is 42.4 Å². The summed E-state index contributed by atoms with van der Waals surface area (Å²) >= 11 is 6.42. The molecule has 0 aliphatic rings. The summed E-state index contributed by atoms with van der Waals surface area (Å²) in [5.74, 6) is -3.70. The maximum atomic E-state index is 12.3. The summed E-state index contributed by atoms with van der Waals surface area (Å²) in [5.41, 5.74) is 7.39. The maximum Gasteiger partial charge on any atom is 0.322 e. The van der Waals surface area contributed by atoms with Gasteiger partial charge in [0.05, 0.1) is 0 Å². The molecule has 1 heterocycles. The molecule has 33 heavy (non-hydrogen) atoms. The van der Waals surface area contributed by atoms with Crippen molar-refractivity contribution < 1.29 is 29.4 Å². The summed E-state index contributed by atoms with van der Waals surface area (Å²) in [7, 11) is 0. The predicted molar refractivity (Wildman–Crippen MR) is 128 cm³/mol. The number of aromatic nitrogens is 1. The van der Waals surface area contributed by atoms with Gasteiger partial charge in [-0.15, -0.1) is 0 Å². The van der Waals surface area contributed by atoms with Gasteiger partial charge in [0.1, 0.15) is 22.9 Å².